The molecule has 66 valence electrons. The molecule has 0 aliphatic heterocycles. The van der Waals surface area contributed by atoms with Gasteiger partial charge in [0.2, 0.25) is 0 Å². The van der Waals surface area contributed by atoms with Gasteiger partial charge in [0.15, 0.2) is 5.78 Å². The van der Waals surface area contributed by atoms with Crippen LogP contribution >= 0.6 is 0 Å². The Morgan fingerprint density at radius 3 is 2.62 bits per heavy atom. The number of hydrogen-bond acceptors (Lipinski definition) is 2. The minimum atomic E-state index is -0.591. The highest BCUT2D eigenvalue weighted by atomic mass is 19.1. The molecular formula is C10H8FNO. The van der Waals surface area contributed by atoms with Crippen molar-refractivity contribution in [2.45, 2.75) is 13.8 Å². The summed E-state index contributed by atoms with van der Waals surface area (Å²) in [5.41, 5.74) is 0.536. The van der Waals surface area contributed by atoms with Gasteiger partial charge in [0, 0.05) is 5.56 Å². The summed E-state index contributed by atoms with van der Waals surface area (Å²) in [6, 6.07) is 4.64. The molecule has 13 heavy (non-hydrogen) atoms. The number of Topliss-reactive ketones (excluding diaryl/α,β-unsaturated/α-hetero) is 1. The van der Waals surface area contributed by atoms with Gasteiger partial charge in [-0.2, -0.15) is 5.26 Å². The van der Waals surface area contributed by atoms with Crippen molar-refractivity contribution >= 4 is 5.78 Å². The topological polar surface area (TPSA) is 40.9 Å². The Kier molecular flexibility index (Phi) is 2.43. The van der Waals surface area contributed by atoms with Crippen molar-refractivity contribution in [1.29, 1.82) is 5.26 Å². The summed E-state index contributed by atoms with van der Waals surface area (Å²) in [6.45, 7) is 2.78. The summed E-state index contributed by atoms with van der Waals surface area (Å²) in [4.78, 5) is 10.9. The normalized spacial score (nSPS) is 9.38. The average molecular weight is 177 g/mol. The van der Waals surface area contributed by atoms with Crippen LogP contribution in [0.5, 0.6) is 0 Å². The maximum absolute atomic E-state index is 13.3. The largest absolute Gasteiger partial charge is 0.294 e. The monoisotopic (exact) mass is 177 g/mol. The van der Waals surface area contributed by atoms with E-state index in [1.807, 2.05) is 6.07 Å². The van der Waals surface area contributed by atoms with E-state index in [1.54, 1.807) is 0 Å². The van der Waals surface area contributed by atoms with Crippen molar-refractivity contribution < 1.29 is 9.18 Å². The van der Waals surface area contributed by atoms with Crippen LogP contribution in [0.1, 0.15) is 28.4 Å². The molecule has 0 aromatic heterocycles. The summed E-state index contributed by atoms with van der Waals surface area (Å²) < 4.78 is 13.3. The van der Waals surface area contributed by atoms with Crippen molar-refractivity contribution in [3.8, 4) is 6.07 Å². The van der Waals surface area contributed by atoms with Crippen LogP contribution < -0.4 is 0 Å². The van der Waals surface area contributed by atoms with E-state index in [4.69, 9.17) is 5.26 Å². The summed E-state index contributed by atoms with van der Waals surface area (Å²) in [7, 11) is 0. The van der Waals surface area contributed by atoms with Gasteiger partial charge in [-0.25, -0.2) is 4.39 Å². The summed E-state index contributed by atoms with van der Waals surface area (Å²) in [5, 5.41) is 8.57. The van der Waals surface area contributed by atoms with Crippen LogP contribution in [0.15, 0.2) is 12.1 Å². The highest BCUT2D eigenvalue weighted by Gasteiger charge is 2.11. The second-order valence-electron chi connectivity index (χ2n) is 2.77. The zero-order valence-corrected chi connectivity index (χ0v) is 7.39. The molecule has 0 amide bonds. The fourth-order valence-corrected chi connectivity index (χ4v) is 1.08. The molecule has 1 aromatic rings. The molecular weight excluding hydrogens is 169 g/mol. The number of nitrogens with zero attached hydrogens (tertiary/aromatic N) is 1. The number of hydrogen-bond donors (Lipinski definition) is 0. The predicted molar refractivity (Wildman–Crippen MR) is 45.9 cm³/mol. The Morgan fingerprint density at radius 1 is 1.54 bits per heavy atom. The SMILES string of the molecule is CC(=O)c1ccc(C#N)c(C)c1F. The molecule has 0 aliphatic carbocycles. The number of ketones is 1. The van der Waals surface area contributed by atoms with Gasteiger partial charge in [-0.05, 0) is 26.0 Å². The highest BCUT2D eigenvalue weighted by Crippen LogP contribution is 2.16. The first-order valence-electron chi connectivity index (χ1n) is 3.78. The Morgan fingerprint density at radius 2 is 2.15 bits per heavy atom. The van der Waals surface area contributed by atoms with E-state index in [2.05, 4.69) is 0 Å². The van der Waals surface area contributed by atoms with Gasteiger partial charge in [0.05, 0.1) is 17.2 Å². The minimum absolute atomic E-state index is 0.0384. The fraction of sp³-hybridized carbons (Fsp3) is 0.200. The third-order valence-electron chi connectivity index (χ3n) is 1.89. The Bertz CT molecular complexity index is 404. The van der Waals surface area contributed by atoms with E-state index >= 15 is 0 Å². The summed E-state index contributed by atoms with van der Waals surface area (Å²) in [5.74, 6) is -0.920. The number of benzene rings is 1. The Labute approximate surface area is 75.6 Å². The molecule has 3 heteroatoms. The Hall–Kier alpha value is -1.69. The quantitative estimate of drug-likeness (QED) is 0.617. The maximum Gasteiger partial charge on any atom is 0.162 e. The third kappa shape index (κ3) is 1.57. The number of halogens is 1. The van der Waals surface area contributed by atoms with Gasteiger partial charge >= 0.3 is 0 Å². The lowest BCUT2D eigenvalue weighted by molar-refractivity contribution is 0.101. The second-order valence-corrected chi connectivity index (χ2v) is 2.77. The van der Waals surface area contributed by atoms with Crippen LogP contribution in [0.3, 0.4) is 0 Å². The first-order chi connectivity index (χ1) is 6.07. The molecule has 0 unspecified atom stereocenters. The van der Waals surface area contributed by atoms with Crippen LogP contribution in [-0.4, -0.2) is 5.78 Å². The summed E-state index contributed by atoms with van der Waals surface area (Å²) >= 11 is 0. The lowest BCUT2D eigenvalue weighted by Gasteiger charge is -2.02. The van der Waals surface area contributed by atoms with Gasteiger partial charge in [0.25, 0.3) is 0 Å². The van der Waals surface area contributed by atoms with Gasteiger partial charge in [0.1, 0.15) is 5.82 Å². The van der Waals surface area contributed by atoms with Crippen molar-refractivity contribution in [2.24, 2.45) is 0 Å². The minimum Gasteiger partial charge on any atom is -0.294 e. The van der Waals surface area contributed by atoms with E-state index in [0.29, 0.717) is 0 Å². The van der Waals surface area contributed by atoms with Gasteiger partial charge in [-0.3, -0.25) is 4.79 Å². The van der Waals surface area contributed by atoms with Gasteiger partial charge in [-0.15, -0.1) is 0 Å². The summed E-state index contributed by atoms with van der Waals surface area (Å²) in [6.07, 6.45) is 0. The fourth-order valence-electron chi connectivity index (χ4n) is 1.08. The second kappa shape index (κ2) is 3.36. The van der Waals surface area contributed by atoms with Crippen molar-refractivity contribution in [2.75, 3.05) is 0 Å². The molecule has 0 saturated carbocycles. The highest BCUT2D eigenvalue weighted by molar-refractivity contribution is 5.94. The Balaban J connectivity index is 3.42. The first kappa shape index (κ1) is 9.40. The molecule has 0 heterocycles. The molecule has 0 spiro atoms. The molecule has 0 bridgehead atoms. The zero-order valence-electron chi connectivity index (χ0n) is 7.39. The number of rotatable bonds is 1. The lowest BCUT2D eigenvalue weighted by Crippen LogP contribution is -2.00. The predicted octanol–water partition coefficient (Wildman–Crippen LogP) is 2.21. The van der Waals surface area contributed by atoms with Crippen molar-refractivity contribution in [3.05, 3.63) is 34.6 Å². The van der Waals surface area contributed by atoms with E-state index < -0.39 is 5.82 Å². The first-order valence-corrected chi connectivity index (χ1v) is 3.78. The molecule has 0 radical (unpaired) electrons. The molecule has 1 rings (SSSR count). The lowest BCUT2D eigenvalue weighted by atomic mass is 10.0. The van der Waals surface area contributed by atoms with Crippen LogP contribution in [0, 0.1) is 24.1 Å². The molecule has 0 fully saturated rings. The molecule has 0 aliphatic rings. The van der Waals surface area contributed by atoms with Crippen molar-refractivity contribution in [1.82, 2.24) is 0 Å². The molecule has 2 nitrogen and oxygen atoms in total. The third-order valence-corrected chi connectivity index (χ3v) is 1.89. The van der Waals surface area contributed by atoms with Crippen molar-refractivity contribution in [3.63, 3.8) is 0 Å². The van der Waals surface area contributed by atoms with E-state index in [1.165, 1.54) is 26.0 Å². The van der Waals surface area contributed by atoms with E-state index in [-0.39, 0.29) is 22.5 Å². The van der Waals surface area contributed by atoms with E-state index in [9.17, 15) is 9.18 Å². The standard InChI is InChI=1S/C10H8FNO/c1-6-8(5-12)3-4-9(7(2)13)10(6)11/h3-4H,1-2H3. The smallest absolute Gasteiger partial charge is 0.162 e. The van der Waals surface area contributed by atoms with Gasteiger partial charge in [-0.1, -0.05) is 0 Å². The number of nitriles is 1. The maximum atomic E-state index is 13.3. The molecule has 0 saturated heterocycles. The molecule has 0 N–H and O–H groups in total. The van der Waals surface area contributed by atoms with Gasteiger partial charge < -0.3 is 0 Å². The molecule has 1 aromatic carbocycles. The van der Waals surface area contributed by atoms with Crippen LogP contribution in [0.2, 0.25) is 0 Å². The van der Waals surface area contributed by atoms with Crippen LogP contribution in [-0.2, 0) is 0 Å². The van der Waals surface area contributed by atoms with E-state index in [0.717, 1.165) is 0 Å². The van der Waals surface area contributed by atoms with Crippen LogP contribution in [0.4, 0.5) is 4.39 Å². The number of carbonyl (C=O) groups excluding carboxylic acids is 1. The zero-order chi connectivity index (χ0) is 10.0. The van der Waals surface area contributed by atoms with Crippen LogP contribution in [0.25, 0.3) is 0 Å². The molecule has 0 atom stereocenters. The average Bonchev–Trinajstić information content (AvgIpc) is 2.09. The number of carbonyl (C=O) groups is 1.